The molecule has 0 spiro atoms. The number of nitrogens with zero attached hydrogens (tertiary/aromatic N) is 2. The summed E-state index contributed by atoms with van der Waals surface area (Å²) in [5, 5.41) is -0.615. The fourth-order valence-electron chi connectivity index (χ4n) is 0.444. The Morgan fingerprint density at radius 2 is 2.30 bits per heavy atom. The fourth-order valence-corrected chi connectivity index (χ4v) is 0.697. The van der Waals surface area contributed by atoms with Gasteiger partial charge in [0.25, 0.3) is 5.24 Å². The number of rotatable bonds is 1. The van der Waals surface area contributed by atoms with E-state index >= 15 is 0 Å². The zero-order valence-electron chi connectivity index (χ0n) is 4.71. The van der Waals surface area contributed by atoms with Gasteiger partial charge in [-0.25, -0.2) is 9.97 Å². The van der Waals surface area contributed by atoms with Crippen LogP contribution in [0.15, 0.2) is 12.3 Å². The van der Waals surface area contributed by atoms with Gasteiger partial charge in [-0.2, -0.15) is 0 Å². The maximum Gasteiger partial charge on any atom is 0.270 e. The Kier molecular flexibility index (Phi) is 2.19. The van der Waals surface area contributed by atoms with Gasteiger partial charge in [-0.3, -0.25) is 4.79 Å². The highest BCUT2D eigenvalue weighted by Crippen LogP contribution is 2.02. The van der Waals surface area contributed by atoms with Crippen molar-refractivity contribution in [3.05, 3.63) is 23.2 Å². The number of hydrogen-bond acceptors (Lipinski definition) is 3. The van der Waals surface area contributed by atoms with Crippen molar-refractivity contribution in [2.45, 2.75) is 0 Å². The number of halogens is 2. The predicted octanol–water partition coefficient (Wildman–Crippen LogP) is 1.51. The van der Waals surface area contributed by atoms with Gasteiger partial charge >= 0.3 is 0 Å². The molecule has 0 aliphatic carbocycles. The van der Waals surface area contributed by atoms with E-state index in [-0.39, 0.29) is 11.0 Å². The first-order valence-electron chi connectivity index (χ1n) is 2.38. The van der Waals surface area contributed by atoms with Crippen molar-refractivity contribution in [2.75, 3.05) is 0 Å². The molecule has 0 radical (unpaired) electrons. The van der Waals surface area contributed by atoms with E-state index in [2.05, 4.69) is 9.97 Å². The maximum atomic E-state index is 10.4. The van der Waals surface area contributed by atoms with Gasteiger partial charge in [-0.1, -0.05) is 0 Å². The lowest BCUT2D eigenvalue weighted by molar-refractivity contribution is 0.107. The van der Waals surface area contributed by atoms with Crippen LogP contribution in [0.1, 0.15) is 10.5 Å². The van der Waals surface area contributed by atoms with Crippen LogP contribution in [0.5, 0.6) is 0 Å². The van der Waals surface area contributed by atoms with Gasteiger partial charge in [0.2, 0.25) is 5.28 Å². The van der Waals surface area contributed by atoms with Gasteiger partial charge < -0.3 is 0 Å². The Hall–Kier alpha value is -0.670. The van der Waals surface area contributed by atoms with E-state index in [1.807, 2.05) is 0 Å². The Balaban J connectivity index is 3.07. The number of hydrogen-bond donors (Lipinski definition) is 0. The van der Waals surface area contributed by atoms with E-state index < -0.39 is 5.24 Å². The van der Waals surface area contributed by atoms with Crippen molar-refractivity contribution in [2.24, 2.45) is 0 Å². The Morgan fingerprint density at radius 3 is 2.70 bits per heavy atom. The van der Waals surface area contributed by atoms with Crippen LogP contribution in [-0.2, 0) is 0 Å². The average Bonchev–Trinajstić information content (AvgIpc) is 1.88. The smallest absolute Gasteiger partial charge is 0.270 e. The van der Waals surface area contributed by atoms with Crippen LogP contribution in [0.25, 0.3) is 0 Å². The highest BCUT2D eigenvalue weighted by atomic mass is 35.5. The van der Waals surface area contributed by atoms with Crippen LogP contribution < -0.4 is 0 Å². The second-order valence-electron chi connectivity index (χ2n) is 1.48. The summed E-state index contributed by atoms with van der Waals surface area (Å²) < 4.78 is 0. The summed E-state index contributed by atoms with van der Waals surface area (Å²) in [6.07, 6.45) is 1.37. The quantitative estimate of drug-likeness (QED) is 0.482. The van der Waals surface area contributed by atoms with E-state index in [9.17, 15) is 4.79 Å². The van der Waals surface area contributed by atoms with E-state index in [1.54, 1.807) is 0 Å². The molecule has 0 fully saturated rings. The molecule has 1 aromatic heterocycles. The molecule has 0 saturated heterocycles. The third-order valence-electron chi connectivity index (χ3n) is 0.828. The van der Waals surface area contributed by atoms with Crippen LogP contribution in [0.3, 0.4) is 0 Å². The molecular formula is C5H2Cl2N2O. The minimum absolute atomic E-state index is 0.0199. The summed E-state index contributed by atoms with van der Waals surface area (Å²) in [5.74, 6) is 0. The second-order valence-corrected chi connectivity index (χ2v) is 2.17. The molecule has 0 aliphatic heterocycles. The number of carbonyl (C=O) groups is 1. The predicted molar refractivity (Wildman–Crippen MR) is 37.2 cm³/mol. The van der Waals surface area contributed by atoms with Gasteiger partial charge in [0.05, 0.1) is 0 Å². The van der Waals surface area contributed by atoms with Crippen molar-refractivity contribution >= 4 is 28.4 Å². The molecule has 0 aliphatic rings. The highest BCUT2D eigenvalue weighted by molar-refractivity contribution is 6.67. The topological polar surface area (TPSA) is 42.9 Å². The first kappa shape index (κ1) is 7.44. The van der Waals surface area contributed by atoms with Gasteiger partial charge in [0, 0.05) is 6.20 Å². The summed E-state index contributed by atoms with van der Waals surface area (Å²) in [6.45, 7) is 0. The minimum Gasteiger partial charge on any atom is -0.274 e. The minimum atomic E-state index is -0.635. The molecule has 0 atom stereocenters. The molecule has 0 aromatic carbocycles. The Morgan fingerprint density at radius 1 is 1.60 bits per heavy atom. The third kappa shape index (κ3) is 1.65. The van der Waals surface area contributed by atoms with Crippen LogP contribution >= 0.6 is 23.2 Å². The first-order chi connectivity index (χ1) is 4.70. The SMILES string of the molecule is O=C(Cl)c1ccnc(Cl)n1. The van der Waals surface area contributed by atoms with Crippen LogP contribution in [0.4, 0.5) is 0 Å². The molecule has 10 heavy (non-hydrogen) atoms. The monoisotopic (exact) mass is 176 g/mol. The van der Waals surface area contributed by atoms with E-state index in [1.165, 1.54) is 12.3 Å². The molecule has 0 amide bonds. The molecule has 5 heteroatoms. The zero-order valence-corrected chi connectivity index (χ0v) is 6.23. The third-order valence-corrected chi connectivity index (χ3v) is 1.20. The van der Waals surface area contributed by atoms with Gasteiger partial charge in [-0.05, 0) is 29.3 Å². The molecule has 3 nitrogen and oxygen atoms in total. The summed E-state index contributed by atoms with van der Waals surface area (Å²) in [7, 11) is 0. The molecule has 1 aromatic rings. The van der Waals surface area contributed by atoms with Gasteiger partial charge in [0.1, 0.15) is 5.69 Å². The van der Waals surface area contributed by atoms with Crippen LogP contribution in [0.2, 0.25) is 5.28 Å². The zero-order chi connectivity index (χ0) is 7.56. The molecule has 0 saturated carbocycles. The molecule has 0 N–H and O–H groups in total. The van der Waals surface area contributed by atoms with Crippen molar-refractivity contribution in [1.82, 2.24) is 9.97 Å². The number of aromatic nitrogens is 2. The summed E-state index contributed by atoms with van der Waals surface area (Å²) in [6, 6.07) is 1.39. The van der Waals surface area contributed by atoms with Crippen LogP contribution in [-0.4, -0.2) is 15.2 Å². The summed E-state index contributed by atoms with van der Waals surface area (Å²) in [4.78, 5) is 17.5. The number of carbonyl (C=O) groups excluding carboxylic acids is 1. The lowest BCUT2D eigenvalue weighted by atomic mass is 10.4. The second kappa shape index (κ2) is 2.94. The lowest BCUT2D eigenvalue weighted by Crippen LogP contribution is -1.94. The van der Waals surface area contributed by atoms with Gasteiger partial charge in [0.15, 0.2) is 0 Å². The molecule has 0 unspecified atom stereocenters. The normalized spacial score (nSPS) is 9.40. The van der Waals surface area contributed by atoms with E-state index in [0.717, 1.165) is 0 Å². The average molecular weight is 177 g/mol. The van der Waals surface area contributed by atoms with Crippen LogP contribution in [0, 0.1) is 0 Å². The fraction of sp³-hybridized carbons (Fsp3) is 0. The first-order valence-corrected chi connectivity index (χ1v) is 3.14. The molecular weight excluding hydrogens is 175 g/mol. The molecule has 1 heterocycles. The molecule has 52 valence electrons. The van der Waals surface area contributed by atoms with E-state index in [0.29, 0.717) is 0 Å². The van der Waals surface area contributed by atoms with Crippen molar-refractivity contribution in [1.29, 1.82) is 0 Å². The summed E-state index contributed by atoms with van der Waals surface area (Å²) in [5.41, 5.74) is 0.113. The largest absolute Gasteiger partial charge is 0.274 e. The lowest BCUT2D eigenvalue weighted by Gasteiger charge is -1.90. The van der Waals surface area contributed by atoms with Crippen molar-refractivity contribution in [3.8, 4) is 0 Å². The molecule has 0 bridgehead atoms. The van der Waals surface area contributed by atoms with E-state index in [4.69, 9.17) is 23.2 Å². The Bertz CT molecular complexity index is 264. The standard InChI is InChI=1S/C5H2Cl2N2O/c6-4(10)3-1-2-8-5(7)9-3/h1-2H. The highest BCUT2D eigenvalue weighted by Gasteiger charge is 2.02. The van der Waals surface area contributed by atoms with Crippen molar-refractivity contribution in [3.63, 3.8) is 0 Å². The Labute approximate surface area is 67.0 Å². The maximum absolute atomic E-state index is 10.4. The van der Waals surface area contributed by atoms with Gasteiger partial charge in [-0.15, -0.1) is 0 Å². The van der Waals surface area contributed by atoms with Crippen molar-refractivity contribution < 1.29 is 4.79 Å². The molecule has 1 rings (SSSR count). The summed E-state index contributed by atoms with van der Waals surface area (Å²) >= 11 is 10.4.